The molecule has 0 aromatic rings. The van der Waals surface area contributed by atoms with E-state index in [1.807, 2.05) is 0 Å². The Kier molecular flexibility index (Phi) is 2.75. The van der Waals surface area contributed by atoms with E-state index in [1.165, 1.54) is 18.0 Å². The van der Waals surface area contributed by atoms with Crippen molar-refractivity contribution >= 4 is 17.7 Å². The summed E-state index contributed by atoms with van der Waals surface area (Å²) in [5, 5.41) is 5.49. The second-order valence-corrected chi connectivity index (χ2v) is 4.04. The maximum Gasteiger partial charge on any atom is 0.491 e. The number of nitrogens with one attached hydrogen (secondary N) is 2. The van der Waals surface area contributed by atoms with Crippen molar-refractivity contribution in [3.05, 3.63) is 22.9 Å². The van der Waals surface area contributed by atoms with Crippen LogP contribution in [0.3, 0.4) is 0 Å². The number of alkyl halides is 3. The summed E-state index contributed by atoms with van der Waals surface area (Å²) in [5.74, 6) is -1.64. The number of carbonyl (C=O) groups is 1. The van der Waals surface area contributed by atoms with Crippen molar-refractivity contribution in [2.75, 3.05) is 5.88 Å². The number of hydrogen-bond donors (Lipinski definition) is 2. The van der Waals surface area contributed by atoms with Crippen molar-refractivity contribution in [3.8, 4) is 0 Å². The number of dihydropyridines is 1. The molecule has 2 rings (SSSR count). The summed E-state index contributed by atoms with van der Waals surface area (Å²) >= 11 is 1.30. The number of hydrogen-bond acceptors (Lipinski definition) is 5. The molecule has 16 heavy (non-hydrogen) atoms. The minimum absolute atomic E-state index is 0.552. The Bertz CT molecular complexity index is 378. The van der Waals surface area contributed by atoms with Crippen LogP contribution < -0.4 is 10.6 Å². The summed E-state index contributed by atoms with van der Waals surface area (Å²) in [6.45, 7) is 0. The van der Waals surface area contributed by atoms with Crippen molar-refractivity contribution in [2.45, 2.75) is 12.4 Å². The average Bonchev–Trinajstić information content (AvgIpc) is 2.65. The lowest BCUT2D eigenvalue weighted by atomic mass is 10.3. The fourth-order valence-electron chi connectivity index (χ4n) is 1.27. The molecule has 1 unspecified atom stereocenters. The van der Waals surface area contributed by atoms with Gasteiger partial charge >= 0.3 is 12.1 Å². The molecule has 0 saturated carbocycles. The number of allylic oxidation sites excluding steroid dienone is 1. The van der Waals surface area contributed by atoms with Crippen molar-refractivity contribution in [2.24, 2.45) is 0 Å². The fourth-order valence-corrected chi connectivity index (χ4v) is 2.22. The minimum Gasteiger partial charge on any atom is -0.430 e. The summed E-state index contributed by atoms with van der Waals surface area (Å²) in [6, 6.07) is 0. The lowest BCUT2D eigenvalue weighted by Gasteiger charge is -2.22. The molecule has 4 nitrogen and oxygen atoms in total. The van der Waals surface area contributed by atoms with Gasteiger partial charge in [0, 0.05) is 6.20 Å². The number of rotatable bonds is 1. The maximum absolute atomic E-state index is 12.0. The Labute approximate surface area is 92.9 Å². The molecular formula is C8H7F3N2O2S. The summed E-state index contributed by atoms with van der Waals surface area (Å²) in [7, 11) is 0. The van der Waals surface area contributed by atoms with Gasteiger partial charge in [0.25, 0.3) is 0 Å². The number of thioether (sulfide) groups is 1. The van der Waals surface area contributed by atoms with Crippen LogP contribution in [0.4, 0.5) is 13.2 Å². The quantitative estimate of drug-likeness (QED) is 0.683. The Morgan fingerprint density at radius 1 is 1.56 bits per heavy atom. The molecule has 0 bridgehead atoms. The number of halogens is 3. The van der Waals surface area contributed by atoms with Crippen molar-refractivity contribution in [3.63, 3.8) is 0 Å². The van der Waals surface area contributed by atoms with Crippen LogP contribution in [0.5, 0.6) is 0 Å². The van der Waals surface area contributed by atoms with E-state index in [1.54, 1.807) is 6.08 Å². The highest BCUT2D eigenvalue weighted by Crippen LogP contribution is 2.31. The second kappa shape index (κ2) is 3.93. The van der Waals surface area contributed by atoms with E-state index in [-0.39, 0.29) is 0 Å². The molecule has 0 radical (unpaired) electrons. The van der Waals surface area contributed by atoms with Gasteiger partial charge in [-0.05, 0) is 6.08 Å². The first kappa shape index (κ1) is 11.2. The van der Waals surface area contributed by atoms with Gasteiger partial charge in [-0.15, -0.1) is 11.8 Å². The SMILES string of the molecule is O=C(OC1NC=CC2=C1SCN2)C(F)(F)F. The molecule has 0 spiro atoms. The maximum atomic E-state index is 12.0. The minimum atomic E-state index is -4.97. The van der Waals surface area contributed by atoms with Crippen LogP contribution in [0.15, 0.2) is 22.9 Å². The first-order chi connectivity index (χ1) is 7.48. The molecule has 0 fully saturated rings. The van der Waals surface area contributed by atoms with E-state index in [9.17, 15) is 18.0 Å². The zero-order valence-electron chi connectivity index (χ0n) is 7.80. The summed E-state index contributed by atoms with van der Waals surface area (Å²) in [5.41, 5.74) is 0.684. The third kappa shape index (κ3) is 2.11. The smallest absolute Gasteiger partial charge is 0.430 e. The van der Waals surface area contributed by atoms with Gasteiger partial charge in [-0.3, -0.25) is 0 Å². The van der Waals surface area contributed by atoms with Crippen LogP contribution >= 0.6 is 11.8 Å². The van der Waals surface area contributed by atoms with Crippen molar-refractivity contribution < 1.29 is 22.7 Å². The van der Waals surface area contributed by atoms with Crippen molar-refractivity contribution in [1.29, 1.82) is 0 Å². The Morgan fingerprint density at radius 3 is 3.00 bits per heavy atom. The molecule has 0 amide bonds. The van der Waals surface area contributed by atoms with Gasteiger partial charge in [0.05, 0.1) is 16.5 Å². The summed E-state index contributed by atoms with van der Waals surface area (Å²) < 4.78 is 40.3. The molecule has 0 aromatic carbocycles. The predicted octanol–water partition coefficient (Wildman–Crippen LogP) is 1.04. The van der Waals surface area contributed by atoms with Crippen LogP contribution in [0, 0.1) is 0 Å². The van der Waals surface area contributed by atoms with Gasteiger partial charge in [0.2, 0.25) is 6.23 Å². The van der Waals surface area contributed by atoms with Gasteiger partial charge in [-0.2, -0.15) is 13.2 Å². The Morgan fingerprint density at radius 2 is 2.31 bits per heavy atom. The predicted molar refractivity (Wildman–Crippen MR) is 50.8 cm³/mol. The van der Waals surface area contributed by atoms with E-state index < -0.39 is 18.4 Å². The third-order valence-electron chi connectivity index (χ3n) is 1.95. The molecule has 0 saturated heterocycles. The molecule has 2 aliphatic rings. The molecule has 88 valence electrons. The monoisotopic (exact) mass is 252 g/mol. The van der Waals surface area contributed by atoms with E-state index in [0.29, 0.717) is 16.5 Å². The number of esters is 1. The highest BCUT2D eigenvalue weighted by atomic mass is 32.2. The molecule has 1 atom stereocenters. The van der Waals surface area contributed by atoms with Gasteiger partial charge in [-0.1, -0.05) is 0 Å². The molecule has 0 aliphatic carbocycles. The summed E-state index contributed by atoms with van der Waals surface area (Å²) in [6.07, 6.45) is -2.92. The zero-order valence-corrected chi connectivity index (χ0v) is 8.61. The topological polar surface area (TPSA) is 50.4 Å². The zero-order chi connectivity index (χ0) is 11.8. The second-order valence-electron chi connectivity index (χ2n) is 3.03. The van der Waals surface area contributed by atoms with Crippen LogP contribution in [0.25, 0.3) is 0 Å². The van der Waals surface area contributed by atoms with E-state index in [0.717, 1.165) is 0 Å². The van der Waals surface area contributed by atoms with Gasteiger partial charge in [-0.25, -0.2) is 4.79 Å². The highest BCUT2D eigenvalue weighted by molar-refractivity contribution is 8.03. The first-order valence-electron chi connectivity index (χ1n) is 4.30. The molecule has 2 N–H and O–H groups in total. The Balaban J connectivity index is 2.07. The number of ether oxygens (including phenoxy) is 1. The highest BCUT2D eigenvalue weighted by Gasteiger charge is 2.43. The molecule has 2 heterocycles. The van der Waals surface area contributed by atoms with Crippen LogP contribution in [-0.2, 0) is 9.53 Å². The summed E-state index contributed by atoms with van der Waals surface area (Å²) in [4.78, 5) is 11.2. The van der Waals surface area contributed by atoms with Crippen LogP contribution in [-0.4, -0.2) is 24.3 Å². The molecular weight excluding hydrogens is 245 g/mol. The van der Waals surface area contributed by atoms with Gasteiger partial charge in [0.1, 0.15) is 0 Å². The lowest BCUT2D eigenvalue weighted by molar-refractivity contribution is -0.203. The number of carbonyl (C=O) groups excluding carboxylic acids is 1. The van der Waals surface area contributed by atoms with Gasteiger partial charge in [0.15, 0.2) is 0 Å². The molecule has 8 heteroatoms. The molecule has 0 aromatic heterocycles. The average molecular weight is 252 g/mol. The first-order valence-corrected chi connectivity index (χ1v) is 5.28. The fraction of sp³-hybridized carbons (Fsp3) is 0.375. The van der Waals surface area contributed by atoms with Gasteiger partial charge < -0.3 is 15.4 Å². The van der Waals surface area contributed by atoms with E-state index >= 15 is 0 Å². The lowest BCUT2D eigenvalue weighted by Crippen LogP contribution is -2.38. The van der Waals surface area contributed by atoms with E-state index in [4.69, 9.17) is 0 Å². The molecule has 2 aliphatic heterocycles. The third-order valence-corrected chi connectivity index (χ3v) is 2.98. The van der Waals surface area contributed by atoms with Crippen LogP contribution in [0.1, 0.15) is 0 Å². The van der Waals surface area contributed by atoms with E-state index in [2.05, 4.69) is 15.4 Å². The normalized spacial score (nSPS) is 23.6. The largest absolute Gasteiger partial charge is 0.491 e. The Hall–Kier alpha value is -1.31. The standard InChI is InChI=1S/C8H7F3N2O2S/c9-8(10,11)7(14)15-6-5-4(1-2-12-6)13-3-16-5/h1-2,6,12-13H,3H2. The van der Waals surface area contributed by atoms with Crippen molar-refractivity contribution in [1.82, 2.24) is 10.6 Å². The van der Waals surface area contributed by atoms with Crippen LogP contribution in [0.2, 0.25) is 0 Å².